The van der Waals surface area contributed by atoms with Gasteiger partial charge < -0.3 is 15.3 Å². The summed E-state index contributed by atoms with van der Waals surface area (Å²) in [7, 11) is 1.81. The van der Waals surface area contributed by atoms with Gasteiger partial charge in [-0.15, -0.1) is 0 Å². The normalized spacial score (nSPS) is 17.6. The molecule has 0 aliphatic heterocycles. The standard InChI is InChI=1S/C14H20N2O2/c1-3-16(2)14(18)9-15-13-7-4-10-8-11(17)5-6-12(10)13/h5-6,8,13,15,17H,3-4,7,9H2,1-2H3. The Balaban J connectivity index is 1.96. The highest BCUT2D eigenvalue weighted by atomic mass is 16.3. The maximum absolute atomic E-state index is 11.7. The van der Waals surface area contributed by atoms with Gasteiger partial charge in [0.1, 0.15) is 5.75 Å². The highest BCUT2D eigenvalue weighted by molar-refractivity contribution is 5.78. The molecule has 0 saturated heterocycles. The van der Waals surface area contributed by atoms with E-state index >= 15 is 0 Å². The van der Waals surface area contributed by atoms with Crippen LogP contribution in [-0.2, 0) is 11.2 Å². The van der Waals surface area contributed by atoms with Crippen LogP contribution in [0.2, 0.25) is 0 Å². The molecule has 1 aliphatic rings. The molecule has 98 valence electrons. The Kier molecular flexibility index (Phi) is 3.87. The molecule has 0 saturated carbocycles. The molecule has 1 atom stereocenters. The van der Waals surface area contributed by atoms with Crippen LogP contribution in [0.25, 0.3) is 0 Å². The molecule has 0 bridgehead atoms. The topological polar surface area (TPSA) is 52.6 Å². The number of likely N-dealkylation sites (N-methyl/N-ethyl adjacent to an activating group) is 1. The van der Waals surface area contributed by atoms with Gasteiger partial charge in [0, 0.05) is 19.6 Å². The minimum atomic E-state index is 0.115. The lowest BCUT2D eigenvalue weighted by atomic mass is 10.1. The first kappa shape index (κ1) is 12.9. The Morgan fingerprint density at radius 2 is 2.33 bits per heavy atom. The summed E-state index contributed by atoms with van der Waals surface area (Å²) in [5, 5.41) is 12.7. The summed E-state index contributed by atoms with van der Waals surface area (Å²) in [5.74, 6) is 0.431. The van der Waals surface area contributed by atoms with Crippen LogP contribution in [0.1, 0.15) is 30.5 Å². The number of carbonyl (C=O) groups excluding carboxylic acids is 1. The van der Waals surface area contributed by atoms with Crippen LogP contribution in [0.4, 0.5) is 0 Å². The zero-order valence-corrected chi connectivity index (χ0v) is 10.9. The predicted octanol–water partition coefficient (Wildman–Crippen LogP) is 1.45. The van der Waals surface area contributed by atoms with Crippen LogP contribution in [0.3, 0.4) is 0 Å². The van der Waals surface area contributed by atoms with E-state index in [9.17, 15) is 9.90 Å². The monoisotopic (exact) mass is 248 g/mol. The lowest BCUT2D eigenvalue weighted by Gasteiger charge is -2.18. The lowest BCUT2D eigenvalue weighted by Crippen LogP contribution is -2.36. The molecule has 1 amide bonds. The van der Waals surface area contributed by atoms with Crippen LogP contribution in [0, 0.1) is 0 Å². The van der Waals surface area contributed by atoms with Crippen LogP contribution in [0.15, 0.2) is 18.2 Å². The van der Waals surface area contributed by atoms with Crippen LogP contribution < -0.4 is 5.32 Å². The molecular weight excluding hydrogens is 228 g/mol. The second-order valence-electron chi connectivity index (χ2n) is 4.76. The molecule has 0 aromatic heterocycles. The van der Waals surface area contributed by atoms with Crippen molar-refractivity contribution in [1.82, 2.24) is 10.2 Å². The van der Waals surface area contributed by atoms with E-state index in [0.717, 1.165) is 19.4 Å². The van der Waals surface area contributed by atoms with E-state index in [1.165, 1.54) is 11.1 Å². The number of aryl methyl sites for hydroxylation is 1. The number of hydrogen-bond acceptors (Lipinski definition) is 3. The zero-order valence-electron chi connectivity index (χ0n) is 10.9. The molecule has 2 N–H and O–H groups in total. The third kappa shape index (κ3) is 2.64. The SMILES string of the molecule is CCN(C)C(=O)CNC1CCc2cc(O)ccc21. The highest BCUT2D eigenvalue weighted by Crippen LogP contribution is 2.32. The summed E-state index contributed by atoms with van der Waals surface area (Å²) in [5.41, 5.74) is 2.39. The van der Waals surface area contributed by atoms with Crippen molar-refractivity contribution in [3.8, 4) is 5.75 Å². The zero-order chi connectivity index (χ0) is 13.1. The third-order valence-corrected chi connectivity index (χ3v) is 3.60. The van der Waals surface area contributed by atoms with Crippen molar-refractivity contribution >= 4 is 5.91 Å². The van der Waals surface area contributed by atoms with Gasteiger partial charge >= 0.3 is 0 Å². The van der Waals surface area contributed by atoms with Crippen molar-refractivity contribution in [3.63, 3.8) is 0 Å². The molecule has 0 spiro atoms. The molecule has 0 fully saturated rings. The molecule has 1 unspecified atom stereocenters. The van der Waals surface area contributed by atoms with E-state index in [2.05, 4.69) is 5.32 Å². The number of hydrogen-bond donors (Lipinski definition) is 2. The van der Waals surface area contributed by atoms with E-state index in [4.69, 9.17) is 0 Å². The number of carbonyl (C=O) groups is 1. The molecule has 1 aliphatic carbocycles. The summed E-state index contributed by atoms with van der Waals surface area (Å²) in [6.07, 6.45) is 1.95. The van der Waals surface area contributed by atoms with Gasteiger partial charge in [0.25, 0.3) is 0 Å². The lowest BCUT2D eigenvalue weighted by molar-refractivity contribution is -0.128. The number of nitrogens with one attached hydrogen (secondary N) is 1. The minimum absolute atomic E-state index is 0.115. The molecular formula is C14H20N2O2. The number of phenols is 1. The number of benzene rings is 1. The fourth-order valence-corrected chi connectivity index (χ4v) is 2.34. The molecule has 4 nitrogen and oxygen atoms in total. The second kappa shape index (κ2) is 5.40. The number of rotatable bonds is 4. The van der Waals surface area contributed by atoms with Gasteiger partial charge in [-0.2, -0.15) is 0 Å². The van der Waals surface area contributed by atoms with E-state index in [1.54, 1.807) is 11.0 Å². The van der Waals surface area contributed by atoms with Crippen LogP contribution in [0.5, 0.6) is 5.75 Å². The van der Waals surface area contributed by atoms with Crippen molar-refractivity contribution in [3.05, 3.63) is 29.3 Å². The number of nitrogens with zero attached hydrogens (tertiary/aromatic N) is 1. The van der Waals surface area contributed by atoms with Gasteiger partial charge in [-0.05, 0) is 43.0 Å². The quantitative estimate of drug-likeness (QED) is 0.848. The molecule has 0 heterocycles. The van der Waals surface area contributed by atoms with Crippen LogP contribution in [-0.4, -0.2) is 36.1 Å². The second-order valence-corrected chi connectivity index (χ2v) is 4.76. The van der Waals surface area contributed by atoms with E-state index in [0.29, 0.717) is 12.3 Å². The average Bonchev–Trinajstić information content (AvgIpc) is 2.77. The Hall–Kier alpha value is -1.55. The minimum Gasteiger partial charge on any atom is -0.508 e. The van der Waals surface area contributed by atoms with E-state index in [1.807, 2.05) is 26.1 Å². The van der Waals surface area contributed by atoms with Crippen LogP contribution >= 0.6 is 0 Å². The molecule has 1 aromatic carbocycles. The number of phenolic OH excluding ortho intramolecular Hbond substituents is 1. The first-order chi connectivity index (χ1) is 8.61. The summed E-state index contributed by atoms with van der Waals surface area (Å²) >= 11 is 0. The Morgan fingerprint density at radius 1 is 1.56 bits per heavy atom. The van der Waals surface area contributed by atoms with Gasteiger partial charge in [0.05, 0.1) is 6.54 Å². The summed E-state index contributed by atoms with van der Waals surface area (Å²) in [6.45, 7) is 3.07. The fourth-order valence-electron chi connectivity index (χ4n) is 2.34. The largest absolute Gasteiger partial charge is 0.508 e. The van der Waals surface area contributed by atoms with Crippen molar-refractivity contribution < 1.29 is 9.90 Å². The van der Waals surface area contributed by atoms with Gasteiger partial charge in [-0.1, -0.05) is 6.07 Å². The van der Waals surface area contributed by atoms with Gasteiger partial charge in [-0.25, -0.2) is 0 Å². The molecule has 0 radical (unpaired) electrons. The Bertz CT molecular complexity index is 445. The molecule has 1 aromatic rings. The average molecular weight is 248 g/mol. The van der Waals surface area contributed by atoms with Gasteiger partial charge in [0.15, 0.2) is 0 Å². The fraction of sp³-hybridized carbons (Fsp3) is 0.500. The van der Waals surface area contributed by atoms with Crippen molar-refractivity contribution in [2.24, 2.45) is 0 Å². The first-order valence-electron chi connectivity index (χ1n) is 6.41. The third-order valence-electron chi connectivity index (χ3n) is 3.60. The van der Waals surface area contributed by atoms with Gasteiger partial charge in [-0.3, -0.25) is 4.79 Å². The first-order valence-corrected chi connectivity index (χ1v) is 6.41. The molecule has 4 heteroatoms. The summed E-state index contributed by atoms with van der Waals surface area (Å²) < 4.78 is 0. The van der Waals surface area contributed by atoms with Crippen molar-refractivity contribution in [2.45, 2.75) is 25.8 Å². The highest BCUT2D eigenvalue weighted by Gasteiger charge is 2.23. The maximum Gasteiger partial charge on any atom is 0.236 e. The molecule has 2 rings (SSSR count). The van der Waals surface area contributed by atoms with E-state index < -0.39 is 0 Å². The summed E-state index contributed by atoms with van der Waals surface area (Å²) in [6, 6.07) is 5.70. The Morgan fingerprint density at radius 3 is 3.06 bits per heavy atom. The number of amides is 1. The maximum atomic E-state index is 11.7. The predicted molar refractivity (Wildman–Crippen MR) is 70.5 cm³/mol. The van der Waals surface area contributed by atoms with Gasteiger partial charge in [0.2, 0.25) is 5.91 Å². The van der Waals surface area contributed by atoms with Crippen molar-refractivity contribution in [2.75, 3.05) is 20.1 Å². The number of fused-ring (bicyclic) bond motifs is 1. The smallest absolute Gasteiger partial charge is 0.236 e. The Labute approximate surface area is 108 Å². The number of aromatic hydroxyl groups is 1. The van der Waals surface area contributed by atoms with E-state index in [-0.39, 0.29) is 11.9 Å². The molecule has 18 heavy (non-hydrogen) atoms. The van der Waals surface area contributed by atoms with Crippen molar-refractivity contribution in [1.29, 1.82) is 0 Å². The summed E-state index contributed by atoms with van der Waals surface area (Å²) in [4.78, 5) is 13.4.